The maximum absolute atomic E-state index is 5.51. The van der Waals surface area contributed by atoms with Crippen molar-refractivity contribution in [2.75, 3.05) is 39.4 Å². The second-order valence-electron chi connectivity index (χ2n) is 5.13. The van der Waals surface area contributed by atoms with Crippen LogP contribution in [0.2, 0.25) is 0 Å². The van der Waals surface area contributed by atoms with Crippen molar-refractivity contribution in [3.8, 4) is 0 Å². The van der Waals surface area contributed by atoms with Crippen LogP contribution < -0.4 is 5.32 Å². The molecule has 0 radical (unpaired) electrons. The highest BCUT2D eigenvalue weighted by atomic mass is 16.5. The lowest BCUT2D eigenvalue weighted by molar-refractivity contribution is -0.149. The molecule has 2 aliphatic heterocycles. The molecule has 0 amide bonds. The summed E-state index contributed by atoms with van der Waals surface area (Å²) in [5, 5.41) is 3.41. The van der Waals surface area contributed by atoms with Gasteiger partial charge in [0, 0.05) is 26.2 Å². The fourth-order valence-corrected chi connectivity index (χ4v) is 2.78. The fourth-order valence-electron chi connectivity index (χ4n) is 2.78. The first kappa shape index (κ1) is 11.2. The molecular weight excluding hydrogens is 212 g/mol. The van der Waals surface area contributed by atoms with Gasteiger partial charge >= 0.3 is 0 Å². The van der Waals surface area contributed by atoms with Crippen molar-refractivity contribution in [2.45, 2.75) is 12.5 Å². The monoisotopic (exact) mass is 232 g/mol. The molecule has 0 atom stereocenters. The summed E-state index contributed by atoms with van der Waals surface area (Å²) >= 11 is 0. The highest BCUT2D eigenvalue weighted by Gasteiger charge is 2.45. The van der Waals surface area contributed by atoms with Gasteiger partial charge in [0.05, 0.1) is 18.8 Å². The van der Waals surface area contributed by atoms with E-state index in [2.05, 4.69) is 41.4 Å². The maximum Gasteiger partial charge on any atom is 0.0934 e. The summed E-state index contributed by atoms with van der Waals surface area (Å²) in [4.78, 5) is 2.58. The van der Waals surface area contributed by atoms with E-state index in [0.717, 1.165) is 39.4 Å². The van der Waals surface area contributed by atoms with Crippen LogP contribution >= 0.6 is 0 Å². The third-order valence-corrected chi connectivity index (χ3v) is 3.99. The molecule has 0 unspecified atom stereocenters. The largest absolute Gasteiger partial charge is 0.377 e. The lowest BCUT2D eigenvalue weighted by Crippen LogP contribution is -2.63. The van der Waals surface area contributed by atoms with Crippen molar-refractivity contribution in [3.63, 3.8) is 0 Å². The van der Waals surface area contributed by atoms with Gasteiger partial charge in [-0.3, -0.25) is 4.90 Å². The molecule has 0 saturated carbocycles. The molecule has 0 bridgehead atoms. The second-order valence-corrected chi connectivity index (χ2v) is 5.13. The topological polar surface area (TPSA) is 24.5 Å². The first-order chi connectivity index (χ1) is 8.31. The molecule has 3 heteroatoms. The number of rotatable bonds is 2. The van der Waals surface area contributed by atoms with Gasteiger partial charge in [-0.15, -0.1) is 0 Å². The summed E-state index contributed by atoms with van der Waals surface area (Å²) in [6.45, 7) is 8.25. The van der Waals surface area contributed by atoms with Gasteiger partial charge in [-0.25, -0.2) is 0 Å². The molecule has 3 rings (SSSR count). The van der Waals surface area contributed by atoms with Gasteiger partial charge in [0.1, 0.15) is 0 Å². The summed E-state index contributed by atoms with van der Waals surface area (Å²) in [5.41, 5.74) is 2.89. The van der Waals surface area contributed by atoms with Gasteiger partial charge < -0.3 is 10.1 Å². The third kappa shape index (κ3) is 1.88. The maximum atomic E-state index is 5.51. The number of nitrogens with one attached hydrogen (secondary N) is 1. The average molecular weight is 232 g/mol. The first-order valence-electron chi connectivity index (χ1n) is 6.42. The van der Waals surface area contributed by atoms with Crippen LogP contribution in [0.15, 0.2) is 24.3 Å². The summed E-state index contributed by atoms with van der Waals surface area (Å²) in [7, 11) is 0. The molecular formula is C14H20N2O. The lowest BCUT2D eigenvalue weighted by Gasteiger charge is -2.51. The molecule has 1 aromatic carbocycles. The third-order valence-electron chi connectivity index (χ3n) is 3.99. The first-order valence-corrected chi connectivity index (χ1v) is 6.42. The number of nitrogens with zero attached hydrogens (tertiary/aromatic N) is 1. The van der Waals surface area contributed by atoms with Crippen molar-refractivity contribution in [1.82, 2.24) is 10.2 Å². The molecule has 2 saturated heterocycles. The summed E-state index contributed by atoms with van der Waals surface area (Å²) < 4.78 is 5.51. The fraction of sp³-hybridized carbons (Fsp3) is 0.571. The van der Waals surface area contributed by atoms with Crippen LogP contribution in [0.4, 0.5) is 0 Å². The molecule has 2 fully saturated rings. The lowest BCUT2D eigenvalue weighted by atomic mass is 9.85. The molecule has 1 aromatic rings. The zero-order valence-corrected chi connectivity index (χ0v) is 10.4. The Morgan fingerprint density at radius 2 is 1.76 bits per heavy atom. The number of piperazine rings is 1. The van der Waals surface area contributed by atoms with E-state index in [9.17, 15) is 0 Å². The molecule has 17 heavy (non-hydrogen) atoms. The van der Waals surface area contributed by atoms with Gasteiger partial charge in [-0.2, -0.15) is 0 Å². The molecule has 0 aliphatic carbocycles. The Morgan fingerprint density at radius 3 is 2.29 bits per heavy atom. The Labute approximate surface area is 103 Å². The van der Waals surface area contributed by atoms with Gasteiger partial charge in [-0.05, 0) is 12.5 Å². The smallest absolute Gasteiger partial charge is 0.0934 e. The number of hydrogen-bond donors (Lipinski definition) is 1. The molecule has 2 heterocycles. The molecule has 0 aromatic heterocycles. The van der Waals surface area contributed by atoms with E-state index in [-0.39, 0.29) is 5.54 Å². The predicted molar refractivity (Wildman–Crippen MR) is 68.1 cm³/mol. The van der Waals surface area contributed by atoms with E-state index in [1.165, 1.54) is 11.1 Å². The van der Waals surface area contributed by atoms with Crippen LogP contribution in [0.3, 0.4) is 0 Å². The molecule has 2 aliphatic rings. The zero-order valence-electron chi connectivity index (χ0n) is 10.4. The van der Waals surface area contributed by atoms with Crippen LogP contribution in [0.5, 0.6) is 0 Å². The Kier molecular flexibility index (Phi) is 2.90. The van der Waals surface area contributed by atoms with E-state index in [4.69, 9.17) is 4.74 Å². The Balaban J connectivity index is 1.87. The van der Waals surface area contributed by atoms with E-state index in [0.29, 0.717) is 0 Å². The number of aryl methyl sites for hydroxylation is 1. The van der Waals surface area contributed by atoms with Gasteiger partial charge in [-0.1, -0.05) is 29.8 Å². The van der Waals surface area contributed by atoms with E-state index >= 15 is 0 Å². The van der Waals surface area contributed by atoms with Gasteiger partial charge in [0.15, 0.2) is 0 Å². The normalized spacial score (nSPS) is 24.3. The number of benzene rings is 1. The highest BCUT2D eigenvalue weighted by Crippen LogP contribution is 2.36. The van der Waals surface area contributed by atoms with Crippen molar-refractivity contribution in [3.05, 3.63) is 35.4 Å². The Bertz CT molecular complexity index is 378. The minimum atomic E-state index is 0.149. The second kappa shape index (κ2) is 4.41. The molecule has 1 N–H and O–H groups in total. The summed E-state index contributed by atoms with van der Waals surface area (Å²) in [6, 6.07) is 8.94. The zero-order chi connectivity index (χ0) is 11.7. The number of ether oxygens (including phenoxy) is 1. The van der Waals surface area contributed by atoms with Crippen LogP contribution in [-0.4, -0.2) is 44.3 Å². The van der Waals surface area contributed by atoms with Crippen molar-refractivity contribution < 1.29 is 4.74 Å². The molecule has 3 nitrogen and oxygen atoms in total. The van der Waals surface area contributed by atoms with Crippen LogP contribution in [-0.2, 0) is 10.3 Å². The Morgan fingerprint density at radius 1 is 1.12 bits per heavy atom. The average Bonchev–Trinajstić information content (AvgIpc) is 2.32. The molecule has 0 spiro atoms. The van der Waals surface area contributed by atoms with Crippen molar-refractivity contribution in [2.24, 2.45) is 0 Å². The van der Waals surface area contributed by atoms with Crippen LogP contribution in [0.25, 0.3) is 0 Å². The van der Waals surface area contributed by atoms with E-state index in [1.54, 1.807) is 0 Å². The minimum absolute atomic E-state index is 0.149. The quantitative estimate of drug-likeness (QED) is 0.827. The predicted octanol–water partition coefficient (Wildman–Crippen LogP) is 1.13. The van der Waals surface area contributed by atoms with E-state index < -0.39 is 0 Å². The minimum Gasteiger partial charge on any atom is -0.377 e. The van der Waals surface area contributed by atoms with Crippen LogP contribution in [0, 0.1) is 6.92 Å². The number of hydrogen-bond acceptors (Lipinski definition) is 3. The summed E-state index contributed by atoms with van der Waals surface area (Å²) in [6.07, 6.45) is 0. The highest BCUT2D eigenvalue weighted by molar-refractivity contribution is 5.30. The standard InChI is InChI=1S/C14H20N2O/c1-12-2-4-13(5-3-12)14(10-17-11-14)16-8-6-15-7-9-16/h2-5,15H,6-11H2,1H3. The van der Waals surface area contributed by atoms with Crippen LogP contribution in [0.1, 0.15) is 11.1 Å². The summed E-state index contributed by atoms with van der Waals surface area (Å²) in [5.74, 6) is 0. The Hall–Kier alpha value is -0.900. The van der Waals surface area contributed by atoms with Crippen molar-refractivity contribution >= 4 is 0 Å². The van der Waals surface area contributed by atoms with E-state index in [1.807, 2.05) is 0 Å². The van der Waals surface area contributed by atoms with Crippen molar-refractivity contribution in [1.29, 1.82) is 0 Å². The SMILES string of the molecule is Cc1ccc(C2(N3CCNCC3)COC2)cc1. The van der Waals surface area contributed by atoms with Gasteiger partial charge in [0.25, 0.3) is 0 Å². The van der Waals surface area contributed by atoms with Gasteiger partial charge in [0.2, 0.25) is 0 Å². The molecule has 92 valence electrons.